The Hall–Kier alpha value is -1.77. The van der Waals surface area contributed by atoms with E-state index in [1.54, 1.807) is 7.05 Å². The predicted octanol–water partition coefficient (Wildman–Crippen LogP) is 3.03. The number of fused-ring (bicyclic) bond motifs is 1. The summed E-state index contributed by atoms with van der Waals surface area (Å²) >= 11 is 0. The van der Waals surface area contributed by atoms with Crippen molar-refractivity contribution in [2.45, 2.75) is 39.8 Å². The predicted molar refractivity (Wildman–Crippen MR) is 117 cm³/mol. The van der Waals surface area contributed by atoms with E-state index in [2.05, 4.69) is 56.9 Å². The van der Waals surface area contributed by atoms with Gasteiger partial charge in [0.05, 0.1) is 5.69 Å². The zero-order valence-corrected chi connectivity index (χ0v) is 18.2. The fourth-order valence-electron chi connectivity index (χ4n) is 3.41. The third-order valence-corrected chi connectivity index (χ3v) is 4.83. The Balaban J connectivity index is 0.00000243. The first-order chi connectivity index (χ1) is 12.1. The van der Waals surface area contributed by atoms with Crippen molar-refractivity contribution in [3.05, 3.63) is 46.8 Å². The van der Waals surface area contributed by atoms with E-state index in [1.807, 2.05) is 13.8 Å². The highest BCUT2D eigenvalue weighted by molar-refractivity contribution is 14.0. The van der Waals surface area contributed by atoms with Crippen LogP contribution in [0.1, 0.15) is 29.5 Å². The fourth-order valence-corrected chi connectivity index (χ4v) is 3.41. The van der Waals surface area contributed by atoms with Crippen LogP contribution in [0.15, 0.2) is 33.8 Å². The minimum absolute atomic E-state index is 0. The summed E-state index contributed by atoms with van der Waals surface area (Å²) in [6.45, 7) is 8.60. The molecule has 2 aromatic rings. The van der Waals surface area contributed by atoms with Crippen molar-refractivity contribution in [2.24, 2.45) is 4.99 Å². The van der Waals surface area contributed by atoms with Gasteiger partial charge in [0.25, 0.3) is 0 Å². The first kappa shape index (κ1) is 20.5. The number of anilines is 1. The Bertz CT molecular complexity index is 739. The maximum Gasteiger partial charge on any atom is 0.191 e. The number of hydrogen-bond donors (Lipinski definition) is 2. The van der Waals surface area contributed by atoms with Gasteiger partial charge in [-0.05, 0) is 38.8 Å². The van der Waals surface area contributed by atoms with Gasteiger partial charge in [0.1, 0.15) is 5.76 Å². The lowest BCUT2D eigenvalue weighted by molar-refractivity contribution is 0.392. The lowest BCUT2D eigenvalue weighted by Crippen LogP contribution is -2.42. The van der Waals surface area contributed by atoms with E-state index in [1.165, 1.54) is 11.3 Å². The minimum Gasteiger partial charge on any atom is -0.367 e. The van der Waals surface area contributed by atoms with Gasteiger partial charge in [0.15, 0.2) is 5.96 Å². The average Bonchev–Trinajstić information content (AvgIpc) is 3.10. The summed E-state index contributed by atoms with van der Waals surface area (Å²) in [5, 5.41) is 10.7. The molecule has 0 fully saturated rings. The van der Waals surface area contributed by atoms with Crippen molar-refractivity contribution in [2.75, 3.05) is 25.0 Å². The number of nitrogens with zero attached hydrogens (tertiary/aromatic N) is 3. The van der Waals surface area contributed by atoms with Gasteiger partial charge >= 0.3 is 0 Å². The maximum absolute atomic E-state index is 5.20. The molecule has 1 atom stereocenters. The molecule has 7 heteroatoms. The van der Waals surface area contributed by atoms with E-state index in [0.717, 1.165) is 42.5 Å². The molecule has 6 nitrogen and oxygen atoms in total. The third kappa shape index (κ3) is 4.49. The van der Waals surface area contributed by atoms with Gasteiger partial charge in [0, 0.05) is 44.0 Å². The lowest BCUT2D eigenvalue weighted by atomic mass is 10.1. The number of nitrogens with one attached hydrogen (secondary N) is 2. The number of halogens is 1. The smallest absolute Gasteiger partial charge is 0.191 e. The largest absolute Gasteiger partial charge is 0.367 e. The molecule has 0 spiro atoms. The second-order valence-electron chi connectivity index (χ2n) is 6.53. The highest BCUT2D eigenvalue weighted by Crippen LogP contribution is 2.31. The zero-order chi connectivity index (χ0) is 17.8. The number of aliphatic imine (C=N–C) groups is 1. The molecule has 0 bridgehead atoms. The van der Waals surface area contributed by atoms with Gasteiger partial charge in [-0.2, -0.15) is 0 Å². The molecule has 1 unspecified atom stereocenters. The summed E-state index contributed by atoms with van der Waals surface area (Å²) in [5.41, 5.74) is 4.80. The van der Waals surface area contributed by atoms with Crippen molar-refractivity contribution in [1.29, 1.82) is 0 Å². The highest BCUT2D eigenvalue weighted by Gasteiger charge is 2.24. The van der Waals surface area contributed by atoms with Gasteiger partial charge in [-0.25, -0.2) is 0 Å². The van der Waals surface area contributed by atoms with E-state index >= 15 is 0 Å². The molecule has 1 aliphatic heterocycles. The van der Waals surface area contributed by atoms with Crippen molar-refractivity contribution >= 4 is 35.6 Å². The Labute approximate surface area is 172 Å². The van der Waals surface area contributed by atoms with Gasteiger partial charge in [-0.1, -0.05) is 23.4 Å². The van der Waals surface area contributed by atoms with E-state index in [9.17, 15) is 0 Å². The monoisotopic (exact) mass is 469 g/mol. The van der Waals surface area contributed by atoms with Crippen LogP contribution in [0, 0.1) is 13.8 Å². The summed E-state index contributed by atoms with van der Waals surface area (Å²) in [7, 11) is 1.79. The first-order valence-electron chi connectivity index (χ1n) is 8.81. The van der Waals surface area contributed by atoms with Crippen LogP contribution in [0.2, 0.25) is 0 Å². The molecular formula is C19H28IN5O. The molecular weight excluding hydrogens is 441 g/mol. The average molecular weight is 469 g/mol. The maximum atomic E-state index is 5.20. The SMILES string of the molecule is CN=C(NCCN1c2ccccc2CC1C)NCc1c(C)noc1C.I. The summed E-state index contributed by atoms with van der Waals surface area (Å²) in [5.74, 6) is 1.64. The van der Waals surface area contributed by atoms with Crippen molar-refractivity contribution in [3.63, 3.8) is 0 Å². The number of hydrogen-bond acceptors (Lipinski definition) is 4. The number of rotatable bonds is 5. The van der Waals surface area contributed by atoms with Crippen LogP contribution >= 0.6 is 24.0 Å². The lowest BCUT2D eigenvalue weighted by Gasteiger charge is -2.25. The molecule has 0 saturated heterocycles. The molecule has 1 aromatic heterocycles. The quantitative estimate of drug-likeness (QED) is 0.401. The molecule has 1 aliphatic rings. The van der Waals surface area contributed by atoms with Gasteiger partial charge < -0.3 is 20.1 Å². The molecule has 26 heavy (non-hydrogen) atoms. The Morgan fingerprint density at radius 1 is 1.31 bits per heavy atom. The van der Waals surface area contributed by atoms with E-state index in [0.29, 0.717) is 12.6 Å². The number of benzene rings is 1. The molecule has 0 aliphatic carbocycles. The third-order valence-electron chi connectivity index (χ3n) is 4.83. The Morgan fingerprint density at radius 2 is 2.08 bits per heavy atom. The van der Waals surface area contributed by atoms with Crippen LogP contribution in [0.5, 0.6) is 0 Å². The molecule has 1 aromatic carbocycles. The van der Waals surface area contributed by atoms with E-state index in [-0.39, 0.29) is 24.0 Å². The van der Waals surface area contributed by atoms with Crippen LogP contribution in [0.3, 0.4) is 0 Å². The van der Waals surface area contributed by atoms with Crippen LogP contribution < -0.4 is 15.5 Å². The van der Waals surface area contributed by atoms with Crippen molar-refractivity contribution in [1.82, 2.24) is 15.8 Å². The molecule has 0 radical (unpaired) electrons. The first-order valence-corrected chi connectivity index (χ1v) is 8.81. The Morgan fingerprint density at radius 3 is 2.77 bits per heavy atom. The molecule has 142 valence electrons. The summed E-state index contributed by atoms with van der Waals surface area (Å²) < 4.78 is 5.20. The van der Waals surface area contributed by atoms with Crippen molar-refractivity contribution < 1.29 is 4.52 Å². The second kappa shape index (κ2) is 9.25. The second-order valence-corrected chi connectivity index (χ2v) is 6.53. The van der Waals surface area contributed by atoms with E-state index in [4.69, 9.17) is 4.52 Å². The number of aryl methyl sites for hydroxylation is 2. The number of guanidine groups is 1. The Kier molecular flexibility index (Phi) is 7.31. The van der Waals surface area contributed by atoms with Crippen LogP contribution in [-0.4, -0.2) is 37.3 Å². The van der Waals surface area contributed by atoms with Crippen LogP contribution in [0.25, 0.3) is 0 Å². The number of para-hydroxylation sites is 1. The summed E-state index contributed by atoms with van der Waals surface area (Å²) in [4.78, 5) is 6.76. The van der Waals surface area contributed by atoms with Crippen molar-refractivity contribution in [3.8, 4) is 0 Å². The topological polar surface area (TPSA) is 65.7 Å². The molecule has 0 amide bonds. The minimum atomic E-state index is 0. The summed E-state index contributed by atoms with van der Waals surface area (Å²) in [6.07, 6.45) is 1.12. The van der Waals surface area contributed by atoms with Crippen LogP contribution in [-0.2, 0) is 13.0 Å². The van der Waals surface area contributed by atoms with Gasteiger partial charge in [-0.3, -0.25) is 4.99 Å². The zero-order valence-electron chi connectivity index (χ0n) is 15.9. The molecule has 2 heterocycles. The van der Waals surface area contributed by atoms with Gasteiger partial charge in [0.2, 0.25) is 0 Å². The normalized spacial score (nSPS) is 16.2. The number of aromatic nitrogens is 1. The highest BCUT2D eigenvalue weighted by atomic mass is 127. The summed E-state index contributed by atoms with van der Waals surface area (Å²) in [6, 6.07) is 9.21. The standard InChI is InChI=1S/C19H27N5O.HI/c1-13-11-16-7-5-6-8-18(16)24(13)10-9-21-19(20-4)22-12-17-14(2)23-25-15(17)3;/h5-8,13H,9-12H2,1-4H3,(H2,20,21,22);1H. The molecule has 2 N–H and O–H groups in total. The fraction of sp³-hybridized carbons (Fsp3) is 0.474. The molecule has 0 saturated carbocycles. The van der Waals surface area contributed by atoms with E-state index < -0.39 is 0 Å². The van der Waals surface area contributed by atoms with Crippen LogP contribution in [0.4, 0.5) is 5.69 Å². The molecule has 3 rings (SSSR count). The van der Waals surface area contributed by atoms with Gasteiger partial charge in [-0.15, -0.1) is 24.0 Å².